The molecule has 0 amide bonds. The van der Waals surface area contributed by atoms with Crippen molar-refractivity contribution in [3.05, 3.63) is 29.8 Å². The van der Waals surface area contributed by atoms with Crippen LogP contribution in [0.4, 0.5) is 0 Å². The monoisotopic (exact) mass is 312 g/mol. The van der Waals surface area contributed by atoms with E-state index in [2.05, 4.69) is 31.1 Å². The molecule has 1 radical (unpaired) electrons. The summed E-state index contributed by atoms with van der Waals surface area (Å²) in [5.41, 5.74) is 0.654. The van der Waals surface area contributed by atoms with Gasteiger partial charge in [0.25, 0.3) is 0 Å². The summed E-state index contributed by atoms with van der Waals surface area (Å²) < 4.78 is 5.23. The Balaban J connectivity index is 0.00000220. The van der Waals surface area contributed by atoms with Crippen LogP contribution in [-0.4, -0.2) is 43.4 Å². The molecule has 1 fully saturated rings. The van der Waals surface area contributed by atoms with Crippen LogP contribution in [0.2, 0.25) is 0 Å². The Morgan fingerprint density at radius 2 is 1.71 bits per heavy atom. The first-order valence-electron chi connectivity index (χ1n) is 7.56. The first-order chi connectivity index (χ1) is 9.55. The molecule has 1 saturated carbocycles. The lowest BCUT2D eigenvalue weighted by Crippen LogP contribution is -2.42. The highest BCUT2D eigenvalue weighted by Gasteiger charge is 2.38. The maximum Gasteiger partial charge on any atom is 0.118 e. The number of likely N-dealkylation sites (N-methyl/N-ethyl adjacent to an activating group) is 1. The van der Waals surface area contributed by atoms with E-state index in [1.165, 1.54) is 12.0 Å². The number of hydrogen-bond donors (Lipinski definition) is 1. The molecular weight excluding hydrogens is 286 g/mol. The third-order valence-corrected chi connectivity index (χ3v) is 4.43. The highest BCUT2D eigenvalue weighted by Crippen LogP contribution is 2.40. The van der Waals surface area contributed by atoms with Gasteiger partial charge in [-0.3, -0.25) is 0 Å². The highest BCUT2D eigenvalue weighted by atomic mass is 35.5. The van der Waals surface area contributed by atoms with Crippen molar-refractivity contribution in [3.63, 3.8) is 0 Å². The Morgan fingerprint density at radius 3 is 2.19 bits per heavy atom. The summed E-state index contributed by atoms with van der Waals surface area (Å²) in [5.74, 6) is 1.04. The molecule has 2 rings (SSSR count). The smallest absolute Gasteiger partial charge is 0.118 e. The second-order valence-electron chi connectivity index (χ2n) is 6.25. The summed E-state index contributed by atoms with van der Waals surface area (Å²) in [5, 5.41) is 11.1. The van der Waals surface area contributed by atoms with Gasteiger partial charge >= 0.3 is 0 Å². The molecule has 0 spiro atoms. The average Bonchev–Trinajstić information content (AvgIpc) is 2.45. The normalized spacial score (nSPS) is 18.9. The van der Waals surface area contributed by atoms with Crippen molar-refractivity contribution in [2.75, 3.05) is 27.7 Å². The molecule has 1 aromatic rings. The Bertz CT molecular complexity index is 413. The molecule has 0 aromatic heterocycles. The van der Waals surface area contributed by atoms with Crippen molar-refractivity contribution in [1.82, 2.24) is 4.90 Å². The van der Waals surface area contributed by atoms with Crippen molar-refractivity contribution in [2.45, 2.75) is 43.6 Å². The summed E-state index contributed by atoms with van der Waals surface area (Å²) >= 11 is 0. The van der Waals surface area contributed by atoms with Gasteiger partial charge in [0.2, 0.25) is 0 Å². The van der Waals surface area contributed by atoms with E-state index < -0.39 is 5.60 Å². The standard InChI is InChI=1S/C17H27NO2.Cl/c1-18(2)13-16(17(19)11-5-4-6-12-17)14-7-9-15(20-3)10-8-14;/h7-10,16,19H,4-6,11-13H2,1-3H3;. The molecule has 0 saturated heterocycles. The van der Waals surface area contributed by atoms with Gasteiger partial charge in [0.1, 0.15) is 5.75 Å². The molecular formula is C17H27ClNO2. The molecule has 1 unspecified atom stereocenters. The lowest BCUT2D eigenvalue weighted by molar-refractivity contribution is -0.0277. The number of methoxy groups -OCH3 is 1. The summed E-state index contributed by atoms with van der Waals surface area (Å²) in [4.78, 5) is 2.17. The minimum atomic E-state index is -0.558. The minimum Gasteiger partial charge on any atom is -0.497 e. The molecule has 21 heavy (non-hydrogen) atoms. The van der Waals surface area contributed by atoms with Gasteiger partial charge < -0.3 is 14.7 Å². The zero-order valence-corrected chi connectivity index (χ0v) is 14.1. The van der Waals surface area contributed by atoms with Crippen molar-refractivity contribution in [1.29, 1.82) is 0 Å². The minimum absolute atomic E-state index is 0. The molecule has 4 heteroatoms. The van der Waals surface area contributed by atoms with Gasteiger partial charge in [-0.15, -0.1) is 0 Å². The van der Waals surface area contributed by atoms with Crippen molar-refractivity contribution < 1.29 is 9.84 Å². The van der Waals surface area contributed by atoms with Crippen molar-refractivity contribution >= 4 is 12.4 Å². The van der Waals surface area contributed by atoms with Gasteiger partial charge in [-0.1, -0.05) is 31.4 Å². The van der Waals surface area contributed by atoms with E-state index >= 15 is 0 Å². The first-order valence-corrected chi connectivity index (χ1v) is 7.56. The SMILES string of the molecule is COc1ccc(C(CN(C)C)C2(O)CCCCC2)cc1.[Cl]. The Morgan fingerprint density at radius 1 is 1.14 bits per heavy atom. The quantitative estimate of drug-likeness (QED) is 0.899. The van der Waals surface area contributed by atoms with Crippen LogP contribution in [0, 0.1) is 0 Å². The Hall–Kier alpha value is -0.770. The molecule has 3 nitrogen and oxygen atoms in total. The van der Waals surface area contributed by atoms with E-state index in [0.717, 1.165) is 38.0 Å². The molecule has 0 bridgehead atoms. The third-order valence-electron chi connectivity index (χ3n) is 4.43. The predicted molar refractivity (Wildman–Crippen MR) is 88.2 cm³/mol. The molecule has 119 valence electrons. The number of halogens is 1. The molecule has 1 aromatic carbocycles. The molecule has 1 aliphatic rings. The average molecular weight is 313 g/mol. The number of ether oxygens (including phenoxy) is 1. The zero-order chi connectivity index (χ0) is 14.6. The maximum atomic E-state index is 11.1. The molecule has 0 aliphatic heterocycles. The number of nitrogens with zero attached hydrogens (tertiary/aromatic N) is 1. The van der Waals surface area contributed by atoms with Crippen LogP contribution in [0.15, 0.2) is 24.3 Å². The van der Waals surface area contributed by atoms with Crippen LogP contribution < -0.4 is 4.74 Å². The summed E-state index contributed by atoms with van der Waals surface area (Å²) in [6.07, 6.45) is 5.35. The van der Waals surface area contributed by atoms with Crippen LogP contribution in [0.25, 0.3) is 0 Å². The fourth-order valence-electron chi connectivity index (χ4n) is 3.30. The Kier molecular flexibility index (Phi) is 6.98. The summed E-state index contributed by atoms with van der Waals surface area (Å²) in [6.45, 7) is 0.878. The topological polar surface area (TPSA) is 32.7 Å². The second-order valence-corrected chi connectivity index (χ2v) is 6.25. The van der Waals surface area contributed by atoms with Crippen LogP contribution in [0.3, 0.4) is 0 Å². The number of hydrogen-bond acceptors (Lipinski definition) is 3. The van der Waals surface area contributed by atoms with Gasteiger partial charge in [-0.2, -0.15) is 0 Å². The van der Waals surface area contributed by atoms with E-state index in [1.807, 2.05) is 12.1 Å². The molecule has 1 aliphatic carbocycles. The fraction of sp³-hybridized carbons (Fsp3) is 0.647. The van der Waals surface area contributed by atoms with Gasteiger partial charge in [0.15, 0.2) is 0 Å². The maximum absolute atomic E-state index is 11.1. The van der Waals surface area contributed by atoms with Gasteiger partial charge in [0.05, 0.1) is 12.7 Å². The third kappa shape index (κ3) is 4.60. The van der Waals surface area contributed by atoms with E-state index in [1.54, 1.807) is 7.11 Å². The van der Waals surface area contributed by atoms with E-state index in [4.69, 9.17) is 4.74 Å². The molecule has 1 N–H and O–H groups in total. The number of benzene rings is 1. The zero-order valence-electron chi connectivity index (χ0n) is 13.3. The van der Waals surface area contributed by atoms with Crippen LogP contribution >= 0.6 is 12.4 Å². The second kappa shape index (κ2) is 8.02. The number of rotatable bonds is 5. The highest BCUT2D eigenvalue weighted by molar-refractivity contribution is 5.85. The number of aliphatic hydroxyl groups is 1. The van der Waals surface area contributed by atoms with Crippen LogP contribution in [-0.2, 0) is 0 Å². The van der Waals surface area contributed by atoms with E-state index in [0.29, 0.717) is 0 Å². The lowest BCUT2D eigenvalue weighted by Gasteiger charge is -2.40. The van der Waals surface area contributed by atoms with E-state index in [-0.39, 0.29) is 18.3 Å². The van der Waals surface area contributed by atoms with Gasteiger partial charge in [-0.05, 0) is 44.6 Å². The molecule has 1 atom stereocenters. The lowest BCUT2D eigenvalue weighted by atomic mass is 9.72. The molecule has 0 heterocycles. The summed E-state index contributed by atoms with van der Waals surface area (Å²) in [7, 11) is 5.83. The first kappa shape index (κ1) is 18.3. The van der Waals surface area contributed by atoms with Crippen LogP contribution in [0.5, 0.6) is 5.75 Å². The van der Waals surface area contributed by atoms with Gasteiger partial charge in [0, 0.05) is 24.9 Å². The van der Waals surface area contributed by atoms with Crippen molar-refractivity contribution in [2.24, 2.45) is 0 Å². The largest absolute Gasteiger partial charge is 0.497 e. The van der Waals surface area contributed by atoms with E-state index in [9.17, 15) is 5.11 Å². The predicted octanol–water partition coefficient (Wildman–Crippen LogP) is 3.73. The van der Waals surface area contributed by atoms with Crippen LogP contribution in [0.1, 0.15) is 43.6 Å². The summed E-state index contributed by atoms with van der Waals surface area (Å²) in [6, 6.07) is 8.17. The Labute approximate surface area is 134 Å². The van der Waals surface area contributed by atoms with Gasteiger partial charge in [-0.25, -0.2) is 0 Å². The van der Waals surface area contributed by atoms with Crippen molar-refractivity contribution in [3.8, 4) is 5.75 Å². The fourth-order valence-corrected chi connectivity index (χ4v) is 3.30.